The number of carbonyl (C=O) groups is 1. The summed E-state index contributed by atoms with van der Waals surface area (Å²) in [6.45, 7) is -0.106. The minimum Gasteiger partial charge on any atom is -0.462 e. The maximum Gasteiger partial charge on any atom is 0.308 e. The van der Waals surface area contributed by atoms with Crippen LogP contribution in [0.1, 0.15) is 19.3 Å². The number of rotatable bonds is 3. The Hall–Kier alpha value is -0.570. The maximum atomic E-state index is 10.5. The summed E-state index contributed by atoms with van der Waals surface area (Å²) in [5, 5.41) is 8.27. The molecule has 52 valence electrons. The van der Waals surface area contributed by atoms with Crippen LogP contribution in [-0.4, -0.2) is 23.8 Å². The molecule has 1 fully saturated rings. The van der Waals surface area contributed by atoms with Crippen LogP contribution in [0, 0.1) is 0 Å². The molecule has 3 nitrogen and oxygen atoms in total. The van der Waals surface area contributed by atoms with E-state index in [2.05, 4.69) is 0 Å². The molecule has 9 heavy (non-hydrogen) atoms. The van der Waals surface area contributed by atoms with Gasteiger partial charge in [0.25, 0.3) is 0 Å². The van der Waals surface area contributed by atoms with Gasteiger partial charge in [-0.2, -0.15) is 0 Å². The van der Waals surface area contributed by atoms with Gasteiger partial charge >= 0.3 is 5.97 Å². The molecule has 3 heteroatoms. The smallest absolute Gasteiger partial charge is 0.308 e. The minimum atomic E-state index is -0.278. The molecule has 1 saturated carbocycles. The van der Waals surface area contributed by atoms with Crippen molar-refractivity contribution >= 4 is 5.97 Å². The SMILES string of the molecule is O=C(CCO)OC1CC1. The average Bonchev–Trinajstić information content (AvgIpc) is 2.50. The standard InChI is InChI=1S/C6H10O3/c7-4-3-6(8)9-5-1-2-5/h5,7H,1-4H2. The fourth-order valence-electron chi connectivity index (χ4n) is 0.522. The van der Waals surface area contributed by atoms with Gasteiger partial charge in [-0.15, -0.1) is 0 Å². The van der Waals surface area contributed by atoms with Crippen molar-refractivity contribution in [1.82, 2.24) is 0 Å². The van der Waals surface area contributed by atoms with Gasteiger partial charge in [-0.3, -0.25) is 4.79 Å². The van der Waals surface area contributed by atoms with E-state index in [1.807, 2.05) is 0 Å². The van der Waals surface area contributed by atoms with E-state index in [-0.39, 0.29) is 25.1 Å². The van der Waals surface area contributed by atoms with Crippen LogP contribution in [-0.2, 0) is 9.53 Å². The number of hydrogen-bond acceptors (Lipinski definition) is 3. The highest BCUT2D eigenvalue weighted by Gasteiger charge is 2.25. The molecule has 0 radical (unpaired) electrons. The summed E-state index contributed by atoms with van der Waals surface area (Å²) in [4.78, 5) is 10.5. The molecule has 0 atom stereocenters. The van der Waals surface area contributed by atoms with Crippen molar-refractivity contribution in [2.45, 2.75) is 25.4 Å². The van der Waals surface area contributed by atoms with Crippen molar-refractivity contribution in [3.8, 4) is 0 Å². The molecule has 0 heterocycles. The van der Waals surface area contributed by atoms with E-state index in [1.54, 1.807) is 0 Å². The second-order valence-electron chi connectivity index (χ2n) is 2.16. The van der Waals surface area contributed by atoms with Crippen molar-refractivity contribution in [2.75, 3.05) is 6.61 Å². The Balaban J connectivity index is 2.02. The van der Waals surface area contributed by atoms with Crippen LogP contribution in [0.25, 0.3) is 0 Å². The van der Waals surface area contributed by atoms with Gasteiger partial charge < -0.3 is 9.84 Å². The lowest BCUT2D eigenvalue weighted by atomic mass is 10.5. The van der Waals surface area contributed by atoms with Gasteiger partial charge in [-0.1, -0.05) is 0 Å². The maximum absolute atomic E-state index is 10.5. The first-order chi connectivity index (χ1) is 4.33. The summed E-state index contributed by atoms with van der Waals surface area (Å²) in [6, 6.07) is 0. The van der Waals surface area contributed by atoms with Crippen LogP contribution in [0.5, 0.6) is 0 Å². The van der Waals surface area contributed by atoms with Crippen LogP contribution in [0.2, 0.25) is 0 Å². The molecular formula is C6H10O3. The molecule has 0 aromatic heterocycles. The highest BCUT2D eigenvalue weighted by molar-refractivity contribution is 5.69. The van der Waals surface area contributed by atoms with Gasteiger partial charge in [0.1, 0.15) is 6.10 Å². The Kier molecular flexibility index (Phi) is 2.05. The summed E-state index contributed by atoms with van der Waals surface area (Å²) in [6.07, 6.45) is 2.30. The van der Waals surface area contributed by atoms with E-state index in [0.29, 0.717) is 0 Å². The largest absolute Gasteiger partial charge is 0.462 e. The van der Waals surface area contributed by atoms with E-state index in [4.69, 9.17) is 9.84 Å². The summed E-state index contributed by atoms with van der Waals surface area (Å²) < 4.78 is 4.80. The van der Waals surface area contributed by atoms with E-state index in [9.17, 15) is 4.79 Å². The molecule has 0 aromatic carbocycles. The monoisotopic (exact) mass is 130 g/mol. The number of aliphatic hydroxyl groups is 1. The first-order valence-corrected chi connectivity index (χ1v) is 3.13. The number of carbonyl (C=O) groups excluding carboxylic acids is 1. The Labute approximate surface area is 53.6 Å². The van der Waals surface area contributed by atoms with Crippen molar-refractivity contribution in [2.24, 2.45) is 0 Å². The second-order valence-corrected chi connectivity index (χ2v) is 2.16. The Morgan fingerprint density at radius 2 is 2.33 bits per heavy atom. The molecule has 0 aromatic rings. The van der Waals surface area contributed by atoms with Crippen LogP contribution < -0.4 is 0 Å². The minimum absolute atomic E-state index is 0.106. The first kappa shape index (κ1) is 6.55. The molecular weight excluding hydrogens is 120 g/mol. The first-order valence-electron chi connectivity index (χ1n) is 3.13. The average molecular weight is 130 g/mol. The third kappa shape index (κ3) is 2.46. The van der Waals surface area contributed by atoms with Crippen LogP contribution >= 0.6 is 0 Å². The quantitative estimate of drug-likeness (QED) is 0.550. The molecule has 1 rings (SSSR count). The summed E-state index contributed by atoms with van der Waals surface area (Å²) in [5.41, 5.74) is 0. The highest BCUT2D eigenvalue weighted by atomic mass is 16.5. The van der Waals surface area contributed by atoms with Crippen molar-refractivity contribution in [3.63, 3.8) is 0 Å². The zero-order chi connectivity index (χ0) is 6.69. The summed E-state index contributed by atoms with van der Waals surface area (Å²) in [7, 11) is 0. The Morgan fingerprint density at radius 3 is 2.78 bits per heavy atom. The van der Waals surface area contributed by atoms with Gasteiger partial charge in [0.05, 0.1) is 13.0 Å². The zero-order valence-electron chi connectivity index (χ0n) is 5.17. The van der Waals surface area contributed by atoms with Crippen molar-refractivity contribution < 1.29 is 14.6 Å². The lowest BCUT2D eigenvalue weighted by molar-refractivity contribution is -0.145. The predicted molar refractivity (Wildman–Crippen MR) is 30.8 cm³/mol. The number of ether oxygens (including phenoxy) is 1. The lowest BCUT2D eigenvalue weighted by Gasteiger charge is -1.98. The highest BCUT2D eigenvalue weighted by Crippen LogP contribution is 2.23. The molecule has 0 spiro atoms. The fourth-order valence-corrected chi connectivity index (χ4v) is 0.522. The summed E-state index contributed by atoms with van der Waals surface area (Å²) >= 11 is 0. The molecule has 0 saturated heterocycles. The zero-order valence-corrected chi connectivity index (χ0v) is 5.17. The van der Waals surface area contributed by atoms with E-state index in [1.165, 1.54) is 0 Å². The van der Waals surface area contributed by atoms with Crippen molar-refractivity contribution in [1.29, 1.82) is 0 Å². The Bertz CT molecular complexity index is 107. The molecule has 0 bridgehead atoms. The topological polar surface area (TPSA) is 46.5 Å². The predicted octanol–water partition coefficient (Wildman–Crippen LogP) is 0.0744. The molecule has 1 aliphatic rings. The van der Waals surface area contributed by atoms with E-state index < -0.39 is 0 Å². The van der Waals surface area contributed by atoms with Gasteiger partial charge in [0.15, 0.2) is 0 Å². The molecule has 0 aliphatic heterocycles. The third-order valence-corrected chi connectivity index (χ3v) is 1.14. The van der Waals surface area contributed by atoms with Crippen LogP contribution in [0.4, 0.5) is 0 Å². The van der Waals surface area contributed by atoms with Gasteiger partial charge in [0, 0.05) is 0 Å². The number of aliphatic hydroxyl groups excluding tert-OH is 1. The van der Waals surface area contributed by atoms with E-state index in [0.717, 1.165) is 12.8 Å². The third-order valence-electron chi connectivity index (χ3n) is 1.14. The molecule has 1 N–H and O–H groups in total. The van der Waals surface area contributed by atoms with Gasteiger partial charge in [-0.05, 0) is 12.8 Å². The van der Waals surface area contributed by atoms with Crippen LogP contribution in [0.3, 0.4) is 0 Å². The molecule has 1 aliphatic carbocycles. The molecule has 0 amide bonds. The lowest BCUT2D eigenvalue weighted by Crippen LogP contribution is -2.07. The molecule has 0 unspecified atom stereocenters. The van der Waals surface area contributed by atoms with Crippen molar-refractivity contribution in [3.05, 3.63) is 0 Å². The van der Waals surface area contributed by atoms with E-state index >= 15 is 0 Å². The normalized spacial score (nSPS) is 17.4. The number of esters is 1. The van der Waals surface area contributed by atoms with Crippen LogP contribution in [0.15, 0.2) is 0 Å². The summed E-state index contributed by atoms with van der Waals surface area (Å²) in [5.74, 6) is -0.278. The van der Waals surface area contributed by atoms with Gasteiger partial charge in [0.2, 0.25) is 0 Å². The van der Waals surface area contributed by atoms with Gasteiger partial charge in [-0.25, -0.2) is 0 Å². The second kappa shape index (κ2) is 2.82. The fraction of sp³-hybridized carbons (Fsp3) is 0.833. The number of hydrogen-bond donors (Lipinski definition) is 1. The Morgan fingerprint density at radius 1 is 1.67 bits per heavy atom.